The Morgan fingerprint density at radius 2 is 1.92 bits per heavy atom. The van der Waals surface area contributed by atoms with Crippen molar-refractivity contribution < 1.29 is 0 Å². The van der Waals surface area contributed by atoms with E-state index >= 15 is 0 Å². The number of H-pyrrole nitrogens is 1. The van der Waals surface area contributed by atoms with E-state index in [0.29, 0.717) is 0 Å². The molecule has 0 aliphatic carbocycles. The van der Waals surface area contributed by atoms with E-state index in [1.165, 1.54) is 10.9 Å². The van der Waals surface area contributed by atoms with Gasteiger partial charge in [0.15, 0.2) is 0 Å². The van der Waals surface area contributed by atoms with Crippen molar-refractivity contribution in [2.45, 2.75) is 24.0 Å². The molecule has 0 radical (unpaired) electrons. The summed E-state index contributed by atoms with van der Waals surface area (Å²) in [6.45, 7) is 2.96. The van der Waals surface area contributed by atoms with Gasteiger partial charge in [-0.25, -0.2) is 0 Å². The molecule has 3 aromatic rings. The van der Waals surface area contributed by atoms with Gasteiger partial charge in [0.2, 0.25) is 0 Å². The number of hydrogen-bond donors (Lipinski definition) is 1. The highest BCUT2D eigenvalue weighted by Crippen LogP contribution is 2.50. The van der Waals surface area contributed by atoms with E-state index in [4.69, 9.17) is 0 Å². The first-order chi connectivity index (χ1) is 11.7. The molecular formula is C19H18N2OS2. The fraction of sp³-hybridized carbons (Fsp3) is 0.316. The number of aryl methyl sites for hydroxylation is 1. The van der Waals surface area contributed by atoms with E-state index in [-0.39, 0.29) is 9.64 Å². The van der Waals surface area contributed by atoms with Gasteiger partial charge in [0.25, 0.3) is 5.56 Å². The molecule has 1 N–H and O–H groups in total. The number of aromatic amines is 1. The second kappa shape index (κ2) is 5.20. The van der Waals surface area contributed by atoms with Crippen LogP contribution in [-0.2, 0) is 17.0 Å². The normalized spacial score (nSPS) is 18.5. The maximum Gasteiger partial charge on any atom is 0.256 e. The Morgan fingerprint density at radius 3 is 2.75 bits per heavy atom. The zero-order chi connectivity index (χ0) is 16.3. The number of thioether (sulfide) groups is 2. The average molecular weight is 355 g/mol. The minimum absolute atomic E-state index is 0.0974. The van der Waals surface area contributed by atoms with Crippen molar-refractivity contribution in [3.05, 3.63) is 57.9 Å². The molecule has 5 heteroatoms. The molecular weight excluding hydrogens is 336 g/mol. The third kappa shape index (κ3) is 1.97. The Morgan fingerprint density at radius 1 is 1.12 bits per heavy atom. The summed E-state index contributed by atoms with van der Waals surface area (Å²) in [7, 11) is 0. The standard InChI is InChI=1S/C19H18N2OS2/c1-19(23-10-11-24-19)14-6-7-16-17-13(8-9-21(16)18(14)22)12-4-2-3-5-15(12)20-17/h2-7,20H,8-11H2,1H3. The first-order valence-electron chi connectivity index (χ1n) is 8.29. The van der Waals surface area contributed by atoms with Gasteiger partial charge in [-0.2, -0.15) is 0 Å². The largest absolute Gasteiger partial charge is 0.353 e. The maximum absolute atomic E-state index is 13.2. The zero-order valence-corrected chi connectivity index (χ0v) is 15.1. The summed E-state index contributed by atoms with van der Waals surface area (Å²) >= 11 is 3.79. The van der Waals surface area contributed by atoms with Crippen LogP contribution >= 0.6 is 23.5 Å². The predicted octanol–water partition coefficient (Wildman–Crippen LogP) is 4.21. The average Bonchev–Trinajstić information content (AvgIpc) is 3.19. The predicted molar refractivity (Wildman–Crippen MR) is 104 cm³/mol. The van der Waals surface area contributed by atoms with Crippen LogP contribution in [0.15, 0.2) is 41.2 Å². The van der Waals surface area contributed by atoms with Crippen molar-refractivity contribution in [1.82, 2.24) is 9.55 Å². The number of aromatic nitrogens is 2. The number of nitrogens with one attached hydrogen (secondary N) is 1. The Balaban J connectivity index is 1.72. The number of nitrogens with zero attached hydrogens (tertiary/aromatic N) is 1. The fourth-order valence-corrected chi connectivity index (χ4v) is 6.84. The third-order valence-corrected chi connectivity index (χ3v) is 8.48. The molecule has 0 saturated carbocycles. The Kier molecular flexibility index (Phi) is 3.19. The highest BCUT2D eigenvalue weighted by molar-refractivity contribution is 8.20. The highest BCUT2D eigenvalue weighted by atomic mass is 32.2. The monoisotopic (exact) mass is 354 g/mol. The van der Waals surface area contributed by atoms with Gasteiger partial charge in [-0.15, -0.1) is 23.5 Å². The topological polar surface area (TPSA) is 37.8 Å². The van der Waals surface area contributed by atoms with Crippen LogP contribution in [0.3, 0.4) is 0 Å². The van der Waals surface area contributed by atoms with Gasteiger partial charge in [-0.3, -0.25) is 4.79 Å². The van der Waals surface area contributed by atoms with Gasteiger partial charge >= 0.3 is 0 Å². The van der Waals surface area contributed by atoms with Gasteiger partial charge in [-0.05, 0) is 37.1 Å². The first-order valence-corrected chi connectivity index (χ1v) is 10.3. The van der Waals surface area contributed by atoms with Crippen LogP contribution in [0, 0.1) is 0 Å². The molecule has 24 heavy (non-hydrogen) atoms. The minimum atomic E-state index is -0.0974. The second-order valence-corrected chi connectivity index (χ2v) is 9.79. The number of benzene rings is 1. The molecule has 4 heterocycles. The lowest BCUT2D eigenvalue weighted by atomic mass is 10.0. The molecule has 2 aromatic heterocycles. The van der Waals surface area contributed by atoms with E-state index in [9.17, 15) is 4.79 Å². The molecule has 0 amide bonds. The molecule has 1 saturated heterocycles. The molecule has 5 rings (SSSR count). The van der Waals surface area contributed by atoms with Gasteiger partial charge in [-0.1, -0.05) is 18.2 Å². The second-order valence-electron chi connectivity index (χ2n) is 6.51. The fourth-order valence-electron chi connectivity index (χ4n) is 3.94. The van der Waals surface area contributed by atoms with Crippen LogP contribution in [0.25, 0.3) is 22.3 Å². The lowest BCUT2D eigenvalue weighted by molar-refractivity contribution is 0.650. The lowest BCUT2D eigenvalue weighted by Crippen LogP contribution is -2.32. The lowest BCUT2D eigenvalue weighted by Gasteiger charge is -2.25. The summed E-state index contributed by atoms with van der Waals surface area (Å²) in [5.74, 6) is 2.24. The van der Waals surface area contributed by atoms with Crippen molar-refractivity contribution in [2.24, 2.45) is 0 Å². The highest BCUT2D eigenvalue weighted by Gasteiger charge is 2.36. The Bertz CT molecular complexity index is 1010. The van der Waals surface area contributed by atoms with Crippen LogP contribution in [0.5, 0.6) is 0 Å². The molecule has 0 spiro atoms. The summed E-state index contributed by atoms with van der Waals surface area (Å²) in [6, 6.07) is 12.6. The summed E-state index contributed by atoms with van der Waals surface area (Å²) < 4.78 is 1.87. The Hall–Kier alpha value is -1.59. The smallest absolute Gasteiger partial charge is 0.256 e. The number of para-hydroxylation sites is 1. The molecule has 1 fully saturated rings. The molecule has 2 aliphatic rings. The third-order valence-electron chi connectivity index (χ3n) is 5.16. The van der Waals surface area contributed by atoms with E-state index in [2.05, 4.69) is 48.3 Å². The summed E-state index contributed by atoms with van der Waals surface area (Å²) in [5, 5.41) is 1.28. The van der Waals surface area contributed by atoms with Gasteiger partial charge in [0.05, 0.1) is 15.5 Å². The van der Waals surface area contributed by atoms with Crippen LogP contribution in [0.1, 0.15) is 18.1 Å². The van der Waals surface area contributed by atoms with E-state index < -0.39 is 0 Å². The zero-order valence-electron chi connectivity index (χ0n) is 13.5. The molecule has 122 valence electrons. The van der Waals surface area contributed by atoms with Crippen molar-refractivity contribution >= 4 is 34.4 Å². The van der Waals surface area contributed by atoms with Crippen molar-refractivity contribution in [3.8, 4) is 11.4 Å². The maximum atomic E-state index is 13.2. The molecule has 0 atom stereocenters. The van der Waals surface area contributed by atoms with E-state index in [1.54, 1.807) is 0 Å². The number of rotatable bonds is 1. The van der Waals surface area contributed by atoms with E-state index in [1.807, 2.05) is 28.1 Å². The molecule has 0 bridgehead atoms. The number of pyridine rings is 1. The van der Waals surface area contributed by atoms with Gasteiger partial charge < -0.3 is 9.55 Å². The molecule has 3 nitrogen and oxygen atoms in total. The van der Waals surface area contributed by atoms with E-state index in [0.717, 1.165) is 46.9 Å². The molecule has 0 unspecified atom stereocenters. The molecule has 2 aliphatic heterocycles. The van der Waals surface area contributed by atoms with Gasteiger partial charge in [0, 0.05) is 34.5 Å². The SMILES string of the molecule is CC1(c2ccc3n(c2=O)CCc2c-3[nH]c3ccccc23)SCCS1. The Labute approximate surface area is 148 Å². The first kappa shape index (κ1) is 14.7. The van der Waals surface area contributed by atoms with Crippen LogP contribution < -0.4 is 5.56 Å². The van der Waals surface area contributed by atoms with Crippen LogP contribution in [-0.4, -0.2) is 21.1 Å². The van der Waals surface area contributed by atoms with Crippen molar-refractivity contribution in [2.75, 3.05) is 11.5 Å². The van der Waals surface area contributed by atoms with Crippen molar-refractivity contribution in [3.63, 3.8) is 0 Å². The minimum Gasteiger partial charge on any atom is -0.353 e. The quantitative estimate of drug-likeness (QED) is 0.711. The number of hydrogen-bond acceptors (Lipinski definition) is 3. The molecule has 1 aromatic carbocycles. The van der Waals surface area contributed by atoms with Crippen LogP contribution in [0.4, 0.5) is 0 Å². The number of fused-ring (bicyclic) bond motifs is 5. The van der Waals surface area contributed by atoms with Gasteiger partial charge in [0.1, 0.15) is 0 Å². The summed E-state index contributed by atoms with van der Waals surface area (Å²) in [5.41, 5.74) is 5.76. The van der Waals surface area contributed by atoms with Crippen molar-refractivity contribution in [1.29, 1.82) is 0 Å². The summed E-state index contributed by atoms with van der Waals surface area (Å²) in [6.07, 6.45) is 0.909. The van der Waals surface area contributed by atoms with Crippen LogP contribution in [0.2, 0.25) is 0 Å². The summed E-state index contributed by atoms with van der Waals surface area (Å²) in [4.78, 5) is 16.7.